The largest absolute Gasteiger partial charge is 0.339 e. The first-order chi connectivity index (χ1) is 13.6. The van der Waals surface area contributed by atoms with Gasteiger partial charge in [-0.2, -0.15) is 0 Å². The lowest BCUT2D eigenvalue weighted by Crippen LogP contribution is -2.32. The molecule has 0 saturated carbocycles. The molecule has 0 spiro atoms. The number of nitrogens with one attached hydrogen (secondary N) is 1. The van der Waals surface area contributed by atoms with Crippen molar-refractivity contribution in [1.82, 2.24) is 4.90 Å². The number of anilines is 1. The molecule has 2 amide bonds. The van der Waals surface area contributed by atoms with Crippen molar-refractivity contribution in [3.8, 4) is 0 Å². The van der Waals surface area contributed by atoms with Gasteiger partial charge in [-0.15, -0.1) is 11.8 Å². The second kappa shape index (κ2) is 10.5. The molecule has 0 radical (unpaired) electrons. The molecule has 1 aliphatic heterocycles. The summed E-state index contributed by atoms with van der Waals surface area (Å²) in [6, 6.07) is 14.9. The SMILES string of the molecule is O=C(CSCc1ccc(Cl)cc1)Nc1ccccc1C(=O)N1CCCCCC1. The van der Waals surface area contributed by atoms with E-state index in [0.717, 1.165) is 37.2 Å². The predicted molar refractivity (Wildman–Crippen MR) is 117 cm³/mol. The highest BCUT2D eigenvalue weighted by atomic mass is 35.5. The fourth-order valence-electron chi connectivity index (χ4n) is 3.25. The average Bonchev–Trinajstić information content (AvgIpc) is 2.99. The summed E-state index contributed by atoms with van der Waals surface area (Å²) in [6.07, 6.45) is 4.43. The van der Waals surface area contributed by atoms with Crippen LogP contribution in [0.1, 0.15) is 41.6 Å². The molecule has 4 nitrogen and oxygen atoms in total. The molecule has 0 aromatic heterocycles. The smallest absolute Gasteiger partial charge is 0.255 e. The van der Waals surface area contributed by atoms with Crippen LogP contribution in [0.25, 0.3) is 0 Å². The molecule has 1 fully saturated rings. The third-order valence-corrected chi connectivity index (χ3v) is 6.00. The maximum Gasteiger partial charge on any atom is 0.255 e. The first-order valence-electron chi connectivity index (χ1n) is 9.64. The Balaban J connectivity index is 1.56. The number of benzene rings is 2. The van der Waals surface area contributed by atoms with E-state index in [2.05, 4.69) is 5.32 Å². The third-order valence-electron chi connectivity index (χ3n) is 4.74. The van der Waals surface area contributed by atoms with Gasteiger partial charge in [0.05, 0.1) is 17.0 Å². The van der Waals surface area contributed by atoms with Crippen LogP contribution < -0.4 is 5.32 Å². The van der Waals surface area contributed by atoms with Gasteiger partial charge < -0.3 is 10.2 Å². The molecule has 1 heterocycles. The third kappa shape index (κ3) is 6.01. The maximum absolute atomic E-state index is 12.9. The fraction of sp³-hybridized carbons (Fsp3) is 0.364. The number of likely N-dealkylation sites (tertiary alicyclic amines) is 1. The summed E-state index contributed by atoms with van der Waals surface area (Å²) in [5.74, 6) is 0.968. The van der Waals surface area contributed by atoms with Gasteiger partial charge in [-0.3, -0.25) is 9.59 Å². The number of hydrogen-bond acceptors (Lipinski definition) is 3. The van der Waals surface area contributed by atoms with Crippen LogP contribution in [-0.4, -0.2) is 35.6 Å². The van der Waals surface area contributed by atoms with Gasteiger partial charge in [0.1, 0.15) is 0 Å². The number of para-hydroxylation sites is 1. The second-order valence-electron chi connectivity index (χ2n) is 6.92. The van der Waals surface area contributed by atoms with E-state index in [4.69, 9.17) is 11.6 Å². The Bertz CT molecular complexity index is 802. The van der Waals surface area contributed by atoms with Gasteiger partial charge in [-0.1, -0.05) is 48.7 Å². The highest BCUT2D eigenvalue weighted by Gasteiger charge is 2.20. The summed E-state index contributed by atoms with van der Waals surface area (Å²) in [6.45, 7) is 1.58. The van der Waals surface area contributed by atoms with E-state index in [0.29, 0.717) is 22.0 Å². The zero-order valence-corrected chi connectivity index (χ0v) is 17.4. The topological polar surface area (TPSA) is 49.4 Å². The van der Waals surface area contributed by atoms with Crippen molar-refractivity contribution in [2.75, 3.05) is 24.2 Å². The van der Waals surface area contributed by atoms with Gasteiger partial charge in [0.25, 0.3) is 5.91 Å². The van der Waals surface area contributed by atoms with Crippen LogP contribution in [0.4, 0.5) is 5.69 Å². The van der Waals surface area contributed by atoms with E-state index in [-0.39, 0.29) is 11.8 Å². The van der Waals surface area contributed by atoms with Crippen molar-refractivity contribution in [3.05, 3.63) is 64.7 Å². The first kappa shape index (κ1) is 20.7. The maximum atomic E-state index is 12.9. The number of carbonyl (C=O) groups excluding carboxylic acids is 2. The van der Waals surface area contributed by atoms with Crippen molar-refractivity contribution in [2.24, 2.45) is 0 Å². The number of amides is 2. The molecular weight excluding hydrogens is 392 g/mol. The number of halogens is 1. The monoisotopic (exact) mass is 416 g/mol. The summed E-state index contributed by atoms with van der Waals surface area (Å²) >= 11 is 7.42. The summed E-state index contributed by atoms with van der Waals surface area (Å²) in [4.78, 5) is 27.2. The van der Waals surface area contributed by atoms with Crippen molar-refractivity contribution in [2.45, 2.75) is 31.4 Å². The van der Waals surface area contributed by atoms with Crippen LogP contribution in [0, 0.1) is 0 Å². The lowest BCUT2D eigenvalue weighted by Gasteiger charge is -2.22. The summed E-state index contributed by atoms with van der Waals surface area (Å²) < 4.78 is 0. The zero-order chi connectivity index (χ0) is 19.8. The van der Waals surface area contributed by atoms with E-state index in [1.807, 2.05) is 41.3 Å². The minimum Gasteiger partial charge on any atom is -0.339 e. The summed E-state index contributed by atoms with van der Waals surface area (Å²) in [7, 11) is 0. The van der Waals surface area contributed by atoms with E-state index in [1.165, 1.54) is 24.6 Å². The first-order valence-corrected chi connectivity index (χ1v) is 11.2. The van der Waals surface area contributed by atoms with Crippen LogP contribution in [0.3, 0.4) is 0 Å². The number of thioether (sulfide) groups is 1. The van der Waals surface area contributed by atoms with Crippen LogP contribution >= 0.6 is 23.4 Å². The Morgan fingerprint density at radius 3 is 2.36 bits per heavy atom. The van der Waals surface area contributed by atoms with Crippen LogP contribution in [0.2, 0.25) is 5.02 Å². The highest BCUT2D eigenvalue weighted by molar-refractivity contribution is 7.99. The Morgan fingerprint density at radius 1 is 0.964 bits per heavy atom. The molecule has 2 aromatic rings. The molecule has 0 unspecified atom stereocenters. The molecule has 6 heteroatoms. The van der Waals surface area contributed by atoms with Crippen molar-refractivity contribution in [3.63, 3.8) is 0 Å². The molecule has 0 bridgehead atoms. The van der Waals surface area contributed by atoms with Crippen LogP contribution in [0.5, 0.6) is 0 Å². The number of rotatable bonds is 6. The van der Waals surface area contributed by atoms with Crippen LogP contribution in [0.15, 0.2) is 48.5 Å². The van der Waals surface area contributed by atoms with Gasteiger partial charge in [0, 0.05) is 23.9 Å². The standard InChI is InChI=1S/C22H25ClN2O2S/c23-18-11-9-17(10-12-18)15-28-16-21(26)24-20-8-4-3-7-19(20)22(27)25-13-5-1-2-6-14-25/h3-4,7-12H,1-2,5-6,13-16H2,(H,24,26). The Morgan fingerprint density at radius 2 is 1.64 bits per heavy atom. The molecule has 1 saturated heterocycles. The quantitative estimate of drug-likeness (QED) is 0.701. The van der Waals surface area contributed by atoms with Crippen molar-refractivity contribution in [1.29, 1.82) is 0 Å². The Hall–Kier alpha value is -1.98. The van der Waals surface area contributed by atoms with E-state index >= 15 is 0 Å². The lowest BCUT2D eigenvalue weighted by molar-refractivity contribution is -0.113. The molecule has 2 aromatic carbocycles. The molecule has 0 atom stereocenters. The van der Waals surface area contributed by atoms with Crippen LogP contribution in [-0.2, 0) is 10.5 Å². The number of carbonyl (C=O) groups is 2. The Labute approximate surface area is 175 Å². The normalized spacial score (nSPS) is 14.4. The molecular formula is C22H25ClN2O2S. The van der Waals surface area contributed by atoms with Crippen molar-refractivity contribution < 1.29 is 9.59 Å². The lowest BCUT2D eigenvalue weighted by atomic mass is 10.1. The molecule has 1 aliphatic rings. The van der Waals surface area contributed by atoms with Crippen molar-refractivity contribution >= 4 is 40.9 Å². The minimum absolute atomic E-state index is 0.00613. The number of hydrogen-bond donors (Lipinski definition) is 1. The minimum atomic E-state index is -0.102. The van der Waals surface area contributed by atoms with Gasteiger partial charge in [-0.05, 0) is 42.7 Å². The molecule has 3 rings (SSSR count). The zero-order valence-electron chi connectivity index (χ0n) is 15.8. The van der Waals surface area contributed by atoms with Gasteiger partial charge >= 0.3 is 0 Å². The molecule has 0 aliphatic carbocycles. The van der Waals surface area contributed by atoms with E-state index < -0.39 is 0 Å². The van der Waals surface area contributed by atoms with E-state index in [1.54, 1.807) is 12.1 Å². The fourth-order valence-corrected chi connectivity index (χ4v) is 4.16. The summed E-state index contributed by atoms with van der Waals surface area (Å²) in [5.41, 5.74) is 2.29. The highest BCUT2D eigenvalue weighted by Crippen LogP contribution is 2.21. The second-order valence-corrected chi connectivity index (χ2v) is 8.34. The molecule has 28 heavy (non-hydrogen) atoms. The average molecular weight is 417 g/mol. The predicted octanol–water partition coefficient (Wildman–Crippen LogP) is 5.23. The Kier molecular flexibility index (Phi) is 7.80. The van der Waals surface area contributed by atoms with Gasteiger partial charge in [-0.25, -0.2) is 0 Å². The van der Waals surface area contributed by atoms with Gasteiger partial charge in [0.15, 0.2) is 0 Å². The summed E-state index contributed by atoms with van der Waals surface area (Å²) in [5, 5.41) is 3.62. The van der Waals surface area contributed by atoms with Gasteiger partial charge in [0.2, 0.25) is 5.91 Å². The van der Waals surface area contributed by atoms with E-state index in [9.17, 15) is 9.59 Å². The molecule has 1 N–H and O–H groups in total. The molecule has 148 valence electrons. The number of nitrogens with zero attached hydrogens (tertiary/aromatic N) is 1.